The highest BCUT2D eigenvalue weighted by Crippen LogP contribution is 2.21. The van der Waals surface area contributed by atoms with Gasteiger partial charge in [-0.3, -0.25) is 0 Å². The van der Waals surface area contributed by atoms with Crippen LogP contribution in [0.4, 0.5) is 22.0 Å². The molecule has 0 unspecified atom stereocenters. The van der Waals surface area contributed by atoms with E-state index < -0.39 is 0 Å². The lowest BCUT2D eigenvalue weighted by Crippen LogP contribution is -2.44. The number of hydrogen-bond acceptors (Lipinski definition) is 5. The largest absolute Gasteiger partial charge is 0.353 e. The van der Waals surface area contributed by atoms with Crippen molar-refractivity contribution < 1.29 is 4.79 Å². The van der Waals surface area contributed by atoms with E-state index in [1.165, 1.54) is 0 Å². The Morgan fingerprint density at radius 1 is 0.833 bits per heavy atom. The number of piperazine rings is 1. The van der Waals surface area contributed by atoms with E-state index in [1.807, 2.05) is 36.4 Å². The van der Waals surface area contributed by atoms with E-state index >= 15 is 0 Å². The fourth-order valence-corrected chi connectivity index (χ4v) is 3.36. The summed E-state index contributed by atoms with van der Waals surface area (Å²) in [4.78, 5) is 16.7. The molecule has 1 fully saturated rings. The highest BCUT2D eigenvalue weighted by atomic mass is 35.5. The van der Waals surface area contributed by atoms with Crippen molar-refractivity contribution in [2.45, 2.75) is 0 Å². The van der Waals surface area contributed by atoms with Crippen LogP contribution in [0.1, 0.15) is 0 Å². The van der Waals surface area contributed by atoms with Crippen molar-refractivity contribution >= 4 is 34.8 Å². The van der Waals surface area contributed by atoms with Crippen LogP contribution in [0.15, 0.2) is 60.7 Å². The molecule has 2 aromatic carbocycles. The van der Waals surface area contributed by atoms with E-state index in [2.05, 4.69) is 37.7 Å². The number of carbonyl (C=O) groups is 1. The molecular weight excluding hydrogens is 400 g/mol. The molecule has 3 aromatic rings. The first-order valence-corrected chi connectivity index (χ1v) is 10.2. The Bertz CT molecular complexity index is 984. The topological polar surface area (TPSA) is 73.4 Å². The Labute approximate surface area is 180 Å². The van der Waals surface area contributed by atoms with Crippen molar-refractivity contribution in [1.29, 1.82) is 0 Å². The summed E-state index contributed by atoms with van der Waals surface area (Å²) in [6.07, 6.45) is 0. The summed E-state index contributed by atoms with van der Waals surface area (Å²) in [6.45, 7) is 3.99. The molecular formula is C22H23ClN6O. The monoisotopic (exact) mass is 422 g/mol. The molecule has 0 saturated carbocycles. The third-order valence-corrected chi connectivity index (χ3v) is 5.27. The number of amides is 2. The van der Waals surface area contributed by atoms with Crippen LogP contribution in [-0.2, 0) is 0 Å². The minimum absolute atomic E-state index is 0.318. The number of urea groups is 1. The molecule has 154 valence electrons. The second kappa shape index (κ2) is 9.11. The third kappa shape index (κ3) is 5.06. The van der Waals surface area contributed by atoms with Crippen LogP contribution in [-0.4, -0.2) is 54.4 Å². The van der Waals surface area contributed by atoms with Crippen molar-refractivity contribution in [3.8, 4) is 11.3 Å². The maximum absolute atomic E-state index is 12.1. The predicted molar refractivity (Wildman–Crippen MR) is 121 cm³/mol. The number of carbonyl (C=O) groups excluding carboxylic acids is 1. The van der Waals surface area contributed by atoms with Gasteiger partial charge in [-0.2, -0.15) is 0 Å². The summed E-state index contributed by atoms with van der Waals surface area (Å²) in [5.41, 5.74) is 3.09. The minimum Gasteiger partial charge on any atom is -0.353 e. The smallest absolute Gasteiger partial charge is 0.323 e. The zero-order chi connectivity index (χ0) is 20.9. The number of hydrogen-bond donors (Lipinski definition) is 2. The standard InChI is InChI=1S/C22H23ClN6O/c1-28-12-14-29(15-13-28)21-11-10-20(26-27-21)16-2-6-18(7-3-16)24-22(30)25-19-8-4-17(23)5-9-19/h2-11H,12-15H2,1H3,(H2,24,25,30). The molecule has 0 aliphatic carbocycles. The van der Waals surface area contributed by atoms with Gasteiger partial charge < -0.3 is 20.4 Å². The van der Waals surface area contributed by atoms with Crippen LogP contribution in [0.3, 0.4) is 0 Å². The van der Waals surface area contributed by atoms with Gasteiger partial charge in [-0.25, -0.2) is 4.79 Å². The Balaban J connectivity index is 1.36. The summed E-state index contributed by atoms with van der Waals surface area (Å²) >= 11 is 5.85. The zero-order valence-corrected chi connectivity index (χ0v) is 17.4. The highest BCUT2D eigenvalue weighted by Gasteiger charge is 2.15. The maximum Gasteiger partial charge on any atom is 0.323 e. The summed E-state index contributed by atoms with van der Waals surface area (Å²) in [7, 11) is 2.13. The second-order valence-electron chi connectivity index (χ2n) is 7.23. The van der Waals surface area contributed by atoms with E-state index in [9.17, 15) is 4.79 Å². The number of nitrogens with zero attached hydrogens (tertiary/aromatic N) is 4. The van der Waals surface area contributed by atoms with Crippen LogP contribution in [0.2, 0.25) is 5.02 Å². The van der Waals surface area contributed by atoms with Gasteiger partial charge >= 0.3 is 6.03 Å². The van der Waals surface area contributed by atoms with Gasteiger partial charge in [0.05, 0.1) is 5.69 Å². The van der Waals surface area contributed by atoms with E-state index in [-0.39, 0.29) is 6.03 Å². The molecule has 0 atom stereocenters. The molecule has 1 aliphatic rings. The number of likely N-dealkylation sites (N-methyl/N-ethyl adjacent to an activating group) is 1. The van der Waals surface area contributed by atoms with Gasteiger partial charge in [0, 0.05) is 48.1 Å². The number of benzene rings is 2. The average Bonchev–Trinajstić information content (AvgIpc) is 2.77. The number of rotatable bonds is 4. The van der Waals surface area contributed by atoms with Crippen molar-refractivity contribution in [2.75, 3.05) is 48.8 Å². The molecule has 0 spiro atoms. The average molecular weight is 423 g/mol. The fourth-order valence-electron chi connectivity index (χ4n) is 3.23. The van der Waals surface area contributed by atoms with Gasteiger partial charge in [-0.15, -0.1) is 10.2 Å². The molecule has 8 heteroatoms. The van der Waals surface area contributed by atoms with Crippen LogP contribution < -0.4 is 15.5 Å². The summed E-state index contributed by atoms with van der Waals surface area (Å²) < 4.78 is 0. The third-order valence-electron chi connectivity index (χ3n) is 5.02. The van der Waals surface area contributed by atoms with Gasteiger partial charge in [0.25, 0.3) is 0 Å². The van der Waals surface area contributed by atoms with Crippen LogP contribution in [0.5, 0.6) is 0 Å². The Morgan fingerprint density at radius 2 is 1.43 bits per heavy atom. The Kier molecular flexibility index (Phi) is 6.11. The van der Waals surface area contributed by atoms with E-state index in [1.54, 1.807) is 24.3 Å². The molecule has 1 aromatic heterocycles. The first-order valence-electron chi connectivity index (χ1n) is 9.78. The van der Waals surface area contributed by atoms with E-state index in [4.69, 9.17) is 11.6 Å². The molecule has 4 rings (SSSR count). The number of aromatic nitrogens is 2. The summed E-state index contributed by atoms with van der Waals surface area (Å²) in [5.74, 6) is 0.906. The molecule has 0 bridgehead atoms. The molecule has 2 N–H and O–H groups in total. The van der Waals surface area contributed by atoms with Crippen LogP contribution >= 0.6 is 11.6 Å². The summed E-state index contributed by atoms with van der Waals surface area (Å²) in [6, 6.07) is 18.1. The van der Waals surface area contributed by atoms with Crippen molar-refractivity contribution in [2.24, 2.45) is 0 Å². The Morgan fingerprint density at radius 3 is 2.00 bits per heavy atom. The van der Waals surface area contributed by atoms with Crippen molar-refractivity contribution in [3.63, 3.8) is 0 Å². The lowest BCUT2D eigenvalue weighted by atomic mass is 10.1. The van der Waals surface area contributed by atoms with Crippen molar-refractivity contribution in [1.82, 2.24) is 15.1 Å². The lowest BCUT2D eigenvalue weighted by molar-refractivity contribution is 0.262. The molecule has 30 heavy (non-hydrogen) atoms. The number of anilines is 3. The maximum atomic E-state index is 12.1. The lowest BCUT2D eigenvalue weighted by Gasteiger charge is -2.32. The van der Waals surface area contributed by atoms with Gasteiger partial charge in [0.2, 0.25) is 0 Å². The molecule has 7 nitrogen and oxygen atoms in total. The fraction of sp³-hybridized carbons (Fsp3) is 0.227. The van der Waals surface area contributed by atoms with Gasteiger partial charge in [0.1, 0.15) is 0 Å². The van der Waals surface area contributed by atoms with E-state index in [0.29, 0.717) is 16.4 Å². The Hall–Kier alpha value is -3.16. The summed E-state index contributed by atoms with van der Waals surface area (Å²) in [5, 5.41) is 15.0. The molecule has 2 amide bonds. The van der Waals surface area contributed by atoms with Gasteiger partial charge in [0.15, 0.2) is 5.82 Å². The number of halogens is 1. The van der Waals surface area contributed by atoms with Crippen molar-refractivity contribution in [3.05, 3.63) is 65.7 Å². The highest BCUT2D eigenvalue weighted by molar-refractivity contribution is 6.30. The van der Waals surface area contributed by atoms with Gasteiger partial charge in [-0.05, 0) is 55.6 Å². The van der Waals surface area contributed by atoms with Gasteiger partial charge in [-0.1, -0.05) is 23.7 Å². The first-order chi connectivity index (χ1) is 14.6. The minimum atomic E-state index is -0.318. The SMILES string of the molecule is CN1CCN(c2ccc(-c3ccc(NC(=O)Nc4ccc(Cl)cc4)cc3)nn2)CC1. The molecule has 1 saturated heterocycles. The molecule has 2 heterocycles. The first kappa shape index (κ1) is 20.1. The second-order valence-corrected chi connectivity index (χ2v) is 7.67. The quantitative estimate of drug-likeness (QED) is 0.659. The molecule has 1 aliphatic heterocycles. The zero-order valence-electron chi connectivity index (χ0n) is 16.7. The van der Waals surface area contributed by atoms with Crippen LogP contribution in [0.25, 0.3) is 11.3 Å². The normalized spacial score (nSPS) is 14.4. The molecule has 0 radical (unpaired) electrons. The van der Waals surface area contributed by atoms with E-state index in [0.717, 1.165) is 43.3 Å². The predicted octanol–water partition coefficient (Wildman–Crippen LogP) is 4.19. The van der Waals surface area contributed by atoms with Crippen LogP contribution in [0, 0.1) is 0 Å². The number of nitrogens with one attached hydrogen (secondary N) is 2.